The van der Waals surface area contributed by atoms with Gasteiger partial charge in [-0.15, -0.1) is 11.3 Å². The van der Waals surface area contributed by atoms with Crippen molar-refractivity contribution in [2.24, 2.45) is 10.9 Å². The van der Waals surface area contributed by atoms with Gasteiger partial charge < -0.3 is 10.6 Å². The monoisotopic (exact) mass is 402 g/mol. The molecular weight excluding hydrogens is 368 g/mol. The van der Waals surface area contributed by atoms with Gasteiger partial charge in [0.05, 0.1) is 6.54 Å². The molecule has 1 aromatic heterocycles. The van der Waals surface area contributed by atoms with Crippen LogP contribution in [0, 0.1) is 5.92 Å². The van der Waals surface area contributed by atoms with Crippen LogP contribution in [0.3, 0.4) is 0 Å². The number of thiophene rings is 1. The van der Waals surface area contributed by atoms with E-state index in [0.29, 0.717) is 16.8 Å². The maximum absolute atomic E-state index is 12.2. The molecule has 0 aliphatic rings. The fourth-order valence-electron chi connectivity index (χ4n) is 2.38. The highest BCUT2D eigenvalue weighted by molar-refractivity contribution is 7.91. The highest BCUT2D eigenvalue weighted by Crippen LogP contribution is 2.24. The molecule has 1 aromatic rings. The summed E-state index contributed by atoms with van der Waals surface area (Å²) in [5.41, 5.74) is 0. The Morgan fingerprint density at radius 3 is 2.50 bits per heavy atom. The molecule has 26 heavy (non-hydrogen) atoms. The molecule has 0 saturated carbocycles. The zero-order valence-electron chi connectivity index (χ0n) is 16.9. The molecule has 2 N–H and O–H groups in total. The summed E-state index contributed by atoms with van der Waals surface area (Å²) in [6, 6.07) is 3.83. The van der Waals surface area contributed by atoms with E-state index in [2.05, 4.69) is 36.4 Å². The van der Waals surface area contributed by atoms with Gasteiger partial charge in [0.25, 0.3) is 10.0 Å². The molecule has 0 fully saturated rings. The van der Waals surface area contributed by atoms with Gasteiger partial charge in [-0.1, -0.05) is 26.7 Å². The molecule has 6 nitrogen and oxygen atoms in total. The molecule has 0 aliphatic carbocycles. The zero-order valence-corrected chi connectivity index (χ0v) is 18.5. The van der Waals surface area contributed by atoms with Crippen LogP contribution >= 0.6 is 11.3 Å². The van der Waals surface area contributed by atoms with Crippen LogP contribution in [0.2, 0.25) is 0 Å². The molecule has 0 radical (unpaired) electrons. The maximum atomic E-state index is 12.2. The van der Waals surface area contributed by atoms with Crippen LogP contribution in [0.4, 0.5) is 0 Å². The Kier molecular flexibility index (Phi) is 9.60. The van der Waals surface area contributed by atoms with E-state index in [1.54, 1.807) is 20.2 Å². The number of guanidine groups is 1. The molecule has 8 heteroatoms. The minimum Gasteiger partial charge on any atom is -0.357 e. The van der Waals surface area contributed by atoms with Crippen molar-refractivity contribution in [3.63, 3.8) is 0 Å². The summed E-state index contributed by atoms with van der Waals surface area (Å²) in [6.07, 6.45) is 3.53. The van der Waals surface area contributed by atoms with Crippen molar-refractivity contribution < 1.29 is 8.42 Å². The zero-order chi connectivity index (χ0) is 19.7. The lowest BCUT2D eigenvalue weighted by Gasteiger charge is -2.18. The third-order valence-electron chi connectivity index (χ3n) is 3.91. The molecular formula is C18H34N4O2S2. The Bertz CT molecular complexity index is 666. The number of aliphatic imine (C=N–C) groups is 1. The first-order valence-corrected chi connectivity index (χ1v) is 11.5. The molecule has 150 valence electrons. The fourth-order valence-corrected chi connectivity index (χ4v) is 4.83. The normalized spacial score (nSPS) is 14.1. The van der Waals surface area contributed by atoms with Crippen LogP contribution in [0.1, 0.15) is 51.8 Å². The number of hydrogen-bond acceptors (Lipinski definition) is 4. The summed E-state index contributed by atoms with van der Waals surface area (Å²) in [4.78, 5) is 5.53. The van der Waals surface area contributed by atoms with E-state index in [-0.39, 0.29) is 0 Å². The van der Waals surface area contributed by atoms with E-state index in [1.165, 1.54) is 28.5 Å². The summed E-state index contributed by atoms with van der Waals surface area (Å²) in [5.74, 6) is 1.51. The maximum Gasteiger partial charge on any atom is 0.252 e. The molecule has 0 aromatic carbocycles. The second kappa shape index (κ2) is 10.9. The van der Waals surface area contributed by atoms with Gasteiger partial charge in [-0.25, -0.2) is 17.7 Å². The molecule has 0 spiro atoms. The Labute approximate surface area is 163 Å². The molecule has 1 atom stereocenters. The average Bonchev–Trinajstić information content (AvgIpc) is 3.02. The van der Waals surface area contributed by atoms with Crippen molar-refractivity contribution in [1.29, 1.82) is 0 Å². The van der Waals surface area contributed by atoms with Crippen LogP contribution < -0.4 is 10.6 Å². The van der Waals surface area contributed by atoms with Gasteiger partial charge in [0, 0.05) is 31.6 Å². The quantitative estimate of drug-likeness (QED) is 0.465. The van der Waals surface area contributed by atoms with Crippen LogP contribution in [0.5, 0.6) is 0 Å². The summed E-state index contributed by atoms with van der Waals surface area (Å²) < 4.78 is 25.9. The molecule has 0 aliphatic heterocycles. The van der Waals surface area contributed by atoms with Crippen molar-refractivity contribution >= 4 is 27.3 Å². The lowest BCUT2D eigenvalue weighted by atomic mass is 10.0. The van der Waals surface area contributed by atoms with E-state index in [9.17, 15) is 8.42 Å². The lowest BCUT2D eigenvalue weighted by Crippen LogP contribution is -2.42. The van der Waals surface area contributed by atoms with E-state index in [4.69, 9.17) is 0 Å². The second-order valence-corrected chi connectivity index (χ2v) is 10.6. The van der Waals surface area contributed by atoms with Gasteiger partial charge in [-0.2, -0.15) is 0 Å². The largest absolute Gasteiger partial charge is 0.357 e. The minimum absolute atomic E-state index is 0.347. The highest BCUT2D eigenvalue weighted by atomic mass is 32.2. The fraction of sp³-hybridized carbons (Fsp3) is 0.722. The number of rotatable bonds is 10. The van der Waals surface area contributed by atoms with E-state index < -0.39 is 10.0 Å². The van der Waals surface area contributed by atoms with Gasteiger partial charge >= 0.3 is 0 Å². The van der Waals surface area contributed by atoms with Gasteiger partial charge in [0.1, 0.15) is 4.21 Å². The first-order valence-electron chi connectivity index (χ1n) is 9.22. The molecule has 0 bridgehead atoms. The highest BCUT2D eigenvalue weighted by Gasteiger charge is 2.19. The molecule has 1 unspecified atom stereocenters. The molecule has 0 saturated heterocycles. The first-order chi connectivity index (χ1) is 12.2. The summed E-state index contributed by atoms with van der Waals surface area (Å²) in [6.45, 7) is 9.94. The lowest BCUT2D eigenvalue weighted by molar-refractivity contribution is 0.491. The molecule has 1 rings (SSSR count). The third kappa shape index (κ3) is 7.63. The molecule has 1 heterocycles. The summed E-state index contributed by atoms with van der Waals surface area (Å²) in [5, 5.41) is 6.69. The van der Waals surface area contributed by atoms with Crippen LogP contribution in [-0.4, -0.2) is 45.4 Å². The van der Waals surface area contributed by atoms with Gasteiger partial charge in [-0.05, 0) is 38.3 Å². The van der Waals surface area contributed by atoms with E-state index in [0.717, 1.165) is 29.7 Å². The van der Waals surface area contributed by atoms with Gasteiger partial charge in [0.2, 0.25) is 0 Å². The minimum atomic E-state index is -3.37. The van der Waals surface area contributed by atoms with E-state index >= 15 is 0 Å². The van der Waals surface area contributed by atoms with Crippen molar-refractivity contribution in [1.82, 2.24) is 14.9 Å². The van der Waals surface area contributed by atoms with Crippen LogP contribution in [0.15, 0.2) is 21.3 Å². The van der Waals surface area contributed by atoms with Gasteiger partial charge in [-0.3, -0.25) is 0 Å². The van der Waals surface area contributed by atoms with Gasteiger partial charge in [0.15, 0.2) is 5.96 Å². The topological polar surface area (TPSA) is 73.8 Å². The van der Waals surface area contributed by atoms with Crippen LogP contribution in [-0.2, 0) is 16.6 Å². The predicted octanol–water partition coefficient (Wildman–Crippen LogP) is 3.27. The predicted molar refractivity (Wildman–Crippen MR) is 111 cm³/mol. The van der Waals surface area contributed by atoms with E-state index in [1.807, 2.05) is 13.0 Å². The number of nitrogens with zero attached hydrogens (tertiary/aromatic N) is 2. The number of nitrogens with one attached hydrogen (secondary N) is 2. The first kappa shape index (κ1) is 22.9. The summed E-state index contributed by atoms with van der Waals surface area (Å²) in [7, 11) is -0.284. The Hall–Kier alpha value is -1.12. The van der Waals surface area contributed by atoms with Crippen molar-refractivity contribution in [3.05, 3.63) is 17.0 Å². The van der Waals surface area contributed by atoms with Crippen LogP contribution in [0.25, 0.3) is 0 Å². The number of sulfonamides is 1. The van der Waals surface area contributed by atoms with Crippen molar-refractivity contribution in [3.8, 4) is 0 Å². The average molecular weight is 403 g/mol. The SMILES string of the molecule is CCNC(=NCc1ccc(S(=O)(=O)N(C)C)s1)NC(C)CCCC(C)C. The van der Waals surface area contributed by atoms with Crippen molar-refractivity contribution in [2.75, 3.05) is 20.6 Å². The molecule has 0 amide bonds. The van der Waals surface area contributed by atoms with Crippen molar-refractivity contribution in [2.45, 2.75) is 63.8 Å². The second-order valence-electron chi connectivity index (χ2n) is 7.07. The Morgan fingerprint density at radius 1 is 1.23 bits per heavy atom. The smallest absolute Gasteiger partial charge is 0.252 e. The Balaban J connectivity index is 2.68. The standard InChI is InChI=1S/C18H34N4O2S2/c1-7-19-18(21-15(4)10-8-9-14(2)3)20-13-16-11-12-17(25-16)26(23,24)22(5)6/h11-12,14-15H,7-10,13H2,1-6H3,(H2,19,20,21). The Morgan fingerprint density at radius 2 is 1.92 bits per heavy atom. The third-order valence-corrected chi connectivity index (χ3v) is 7.26. The summed E-state index contributed by atoms with van der Waals surface area (Å²) >= 11 is 1.27. The number of hydrogen-bond donors (Lipinski definition) is 2.